The fourth-order valence-electron chi connectivity index (χ4n) is 2.21. The molecule has 0 aliphatic carbocycles. The maximum Gasteiger partial charge on any atom is 0.00106 e. The van der Waals surface area contributed by atoms with E-state index in [4.69, 9.17) is 0 Å². The minimum absolute atomic E-state index is 0.478. The number of rotatable bonds is 8. The summed E-state index contributed by atoms with van der Waals surface area (Å²) in [6.07, 6.45) is 5.07. The summed E-state index contributed by atoms with van der Waals surface area (Å²) in [6.45, 7) is 10.3. The molecule has 1 rings (SSSR count). The quantitative estimate of drug-likeness (QED) is 0.720. The zero-order valence-electron chi connectivity index (χ0n) is 11.8. The van der Waals surface area contributed by atoms with Crippen molar-refractivity contribution in [3.63, 3.8) is 0 Å². The van der Waals surface area contributed by atoms with E-state index >= 15 is 0 Å². The second-order valence-corrected chi connectivity index (χ2v) is 6.15. The molecular weight excluding hydrogens is 226 g/mol. The van der Waals surface area contributed by atoms with Gasteiger partial charge in [0.05, 0.1) is 0 Å². The van der Waals surface area contributed by atoms with E-state index in [2.05, 4.69) is 49.8 Å². The van der Waals surface area contributed by atoms with Crippen molar-refractivity contribution < 1.29 is 0 Å². The Morgan fingerprint density at radius 3 is 2.47 bits per heavy atom. The summed E-state index contributed by atoms with van der Waals surface area (Å²) in [4.78, 5) is 0. The van der Waals surface area contributed by atoms with Crippen LogP contribution >= 0.6 is 11.3 Å². The summed E-state index contributed by atoms with van der Waals surface area (Å²) < 4.78 is 0. The van der Waals surface area contributed by atoms with Gasteiger partial charge in [-0.1, -0.05) is 27.7 Å². The maximum atomic E-state index is 3.62. The predicted molar refractivity (Wildman–Crippen MR) is 78.8 cm³/mol. The molecule has 1 heterocycles. The Kier molecular flexibility index (Phi) is 6.21. The van der Waals surface area contributed by atoms with Crippen LogP contribution in [-0.4, -0.2) is 12.6 Å². The lowest BCUT2D eigenvalue weighted by atomic mass is 9.77. The normalized spacial score (nSPS) is 12.3. The first kappa shape index (κ1) is 14.7. The molecule has 0 unspecified atom stereocenters. The van der Waals surface area contributed by atoms with Gasteiger partial charge < -0.3 is 5.32 Å². The van der Waals surface area contributed by atoms with Gasteiger partial charge in [0.15, 0.2) is 0 Å². The third-order valence-corrected chi connectivity index (χ3v) is 4.64. The fourth-order valence-corrected chi connectivity index (χ4v) is 2.91. The van der Waals surface area contributed by atoms with E-state index in [0.717, 1.165) is 6.54 Å². The smallest absolute Gasteiger partial charge is 0.00106 e. The van der Waals surface area contributed by atoms with Crippen molar-refractivity contribution in [2.45, 2.75) is 59.4 Å². The summed E-state index contributed by atoms with van der Waals surface area (Å²) in [5, 5.41) is 8.09. The molecule has 1 N–H and O–H groups in total. The van der Waals surface area contributed by atoms with E-state index < -0.39 is 0 Å². The Morgan fingerprint density at radius 1 is 1.29 bits per heavy atom. The van der Waals surface area contributed by atoms with Crippen molar-refractivity contribution in [3.8, 4) is 0 Å². The van der Waals surface area contributed by atoms with Gasteiger partial charge in [-0.15, -0.1) is 0 Å². The molecule has 0 aromatic carbocycles. The van der Waals surface area contributed by atoms with Crippen molar-refractivity contribution in [2.24, 2.45) is 5.41 Å². The van der Waals surface area contributed by atoms with Crippen molar-refractivity contribution >= 4 is 11.3 Å². The van der Waals surface area contributed by atoms with Crippen molar-refractivity contribution in [3.05, 3.63) is 22.4 Å². The van der Waals surface area contributed by atoms with E-state index in [1.54, 1.807) is 0 Å². The molecule has 0 spiro atoms. The Labute approximate surface area is 111 Å². The molecular formula is C15H27NS. The van der Waals surface area contributed by atoms with E-state index in [1.165, 1.54) is 31.2 Å². The highest BCUT2D eigenvalue weighted by atomic mass is 32.1. The maximum absolute atomic E-state index is 3.62. The SMILES string of the molecule is CCC(CC)(CCc1ccsc1)CNC(C)C. The molecule has 0 aliphatic rings. The highest BCUT2D eigenvalue weighted by molar-refractivity contribution is 7.07. The van der Waals surface area contributed by atoms with Gasteiger partial charge >= 0.3 is 0 Å². The molecule has 1 aromatic heterocycles. The van der Waals surface area contributed by atoms with Crippen LogP contribution in [0, 0.1) is 5.41 Å². The third kappa shape index (κ3) is 4.81. The van der Waals surface area contributed by atoms with Gasteiger partial charge in [-0.25, -0.2) is 0 Å². The second kappa shape index (κ2) is 7.17. The van der Waals surface area contributed by atoms with Crippen LogP contribution in [-0.2, 0) is 6.42 Å². The summed E-state index contributed by atoms with van der Waals surface area (Å²) in [5.41, 5.74) is 1.98. The lowest BCUT2D eigenvalue weighted by Gasteiger charge is -2.33. The molecule has 2 heteroatoms. The molecule has 0 atom stereocenters. The number of aryl methyl sites for hydroxylation is 1. The average molecular weight is 253 g/mol. The summed E-state index contributed by atoms with van der Waals surface area (Å²) in [6, 6.07) is 2.85. The van der Waals surface area contributed by atoms with Crippen LogP contribution in [0.3, 0.4) is 0 Å². The highest BCUT2D eigenvalue weighted by Gasteiger charge is 2.25. The number of hydrogen-bond donors (Lipinski definition) is 1. The van der Waals surface area contributed by atoms with Crippen molar-refractivity contribution in [2.75, 3.05) is 6.54 Å². The average Bonchev–Trinajstić information content (AvgIpc) is 2.83. The lowest BCUT2D eigenvalue weighted by Crippen LogP contribution is -2.37. The topological polar surface area (TPSA) is 12.0 Å². The molecule has 1 aromatic rings. The Morgan fingerprint density at radius 2 is 2.00 bits per heavy atom. The molecule has 0 aliphatic heterocycles. The summed E-state index contributed by atoms with van der Waals surface area (Å²) in [5.74, 6) is 0. The molecule has 0 amide bonds. The van der Waals surface area contributed by atoms with Gasteiger partial charge in [0.2, 0.25) is 0 Å². The first-order valence-electron chi connectivity index (χ1n) is 6.86. The molecule has 0 radical (unpaired) electrons. The van der Waals surface area contributed by atoms with Gasteiger partial charge in [0.1, 0.15) is 0 Å². The predicted octanol–water partition coefficient (Wildman–Crippen LogP) is 4.49. The fraction of sp³-hybridized carbons (Fsp3) is 0.733. The monoisotopic (exact) mass is 253 g/mol. The summed E-state index contributed by atoms with van der Waals surface area (Å²) in [7, 11) is 0. The van der Waals surface area contributed by atoms with Gasteiger partial charge in [0, 0.05) is 12.6 Å². The molecule has 0 fully saturated rings. The van der Waals surface area contributed by atoms with Crippen LogP contribution in [0.2, 0.25) is 0 Å². The van der Waals surface area contributed by atoms with Gasteiger partial charge in [-0.05, 0) is 53.5 Å². The minimum Gasteiger partial charge on any atom is -0.314 e. The number of hydrogen-bond acceptors (Lipinski definition) is 2. The third-order valence-electron chi connectivity index (χ3n) is 3.91. The largest absolute Gasteiger partial charge is 0.314 e. The van der Waals surface area contributed by atoms with Crippen LogP contribution in [0.4, 0.5) is 0 Å². The van der Waals surface area contributed by atoms with Crippen molar-refractivity contribution in [1.82, 2.24) is 5.32 Å². The highest BCUT2D eigenvalue weighted by Crippen LogP contribution is 2.31. The number of thiophene rings is 1. The Hall–Kier alpha value is -0.340. The molecule has 0 saturated carbocycles. The van der Waals surface area contributed by atoms with Crippen LogP contribution in [0.1, 0.15) is 52.5 Å². The van der Waals surface area contributed by atoms with Gasteiger partial charge in [-0.2, -0.15) is 11.3 Å². The molecule has 0 bridgehead atoms. The van der Waals surface area contributed by atoms with Gasteiger partial charge in [-0.3, -0.25) is 0 Å². The van der Waals surface area contributed by atoms with Crippen LogP contribution in [0.25, 0.3) is 0 Å². The lowest BCUT2D eigenvalue weighted by molar-refractivity contribution is 0.222. The Bertz CT molecular complexity index is 286. The van der Waals surface area contributed by atoms with E-state index in [0.29, 0.717) is 11.5 Å². The second-order valence-electron chi connectivity index (χ2n) is 5.37. The standard InChI is InChI=1S/C15H27NS/c1-5-15(6-2,12-16-13(3)4)9-7-14-8-10-17-11-14/h8,10-11,13,16H,5-7,9,12H2,1-4H3. The molecule has 17 heavy (non-hydrogen) atoms. The first-order valence-corrected chi connectivity index (χ1v) is 7.80. The minimum atomic E-state index is 0.478. The van der Waals surface area contributed by atoms with Crippen LogP contribution in [0.15, 0.2) is 16.8 Å². The van der Waals surface area contributed by atoms with Crippen LogP contribution < -0.4 is 5.32 Å². The van der Waals surface area contributed by atoms with E-state index in [-0.39, 0.29) is 0 Å². The van der Waals surface area contributed by atoms with E-state index in [1.807, 2.05) is 11.3 Å². The molecule has 98 valence electrons. The summed E-state index contributed by atoms with van der Waals surface area (Å²) >= 11 is 1.81. The zero-order valence-corrected chi connectivity index (χ0v) is 12.6. The van der Waals surface area contributed by atoms with E-state index in [9.17, 15) is 0 Å². The van der Waals surface area contributed by atoms with Crippen LogP contribution in [0.5, 0.6) is 0 Å². The first-order chi connectivity index (χ1) is 8.12. The molecule has 0 saturated heterocycles. The molecule has 1 nitrogen and oxygen atoms in total. The van der Waals surface area contributed by atoms with Gasteiger partial charge in [0.25, 0.3) is 0 Å². The Balaban J connectivity index is 2.51. The number of nitrogens with one attached hydrogen (secondary N) is 1. The zero-order chi connectivity index (χ0) is 12.7. The van der Waals surface area contributed by atoms with Crippen molar-refractivity contribution in [1.29, 1.82) is 0 Å².